The Morgan fingerprint density at radius 2 is 1.20 bits per heavy atom. The molecule has 9 aromatic rings. The van der Waals surface area contributed by atoms with E-state index < -0.39 is 0 Å². The van der Waals surface area contributed by atoms with Crippen LogP contribution in [-0.4, -0.2) is 20.7 Å². The zero-order valence-electron chi connectivity index (χ0n) is 32.3. The van der Waals surface area contributed by atoms with Crippen LogP contribution in [-0.2, 0) is 19.4 Å². The number of pyridine rings is 1. The summed E-state index contributed by atoms with van der Waals surface area (Å²) in [6.07, 6.45) is 3.21. The van der Waals surface area contributed by atoms with Gasteiger partial charge in [-0.3, -0.25) is 0 Å². The van der Waals surface area contributed by atoms with E-state index in [2.05, 4.69) is 204 Å². The first-order chi connectivity index (χ1) is 29.1. The summed E-state index contributed by atoms with van der Waals surface area (Å²) in [5.74, 6) is 3.43. The fraction of sp³-hybridized carbons (Fsp3) is 0.0943. The summed E-state index contributed by atoms with van der Waals surface area (Å²) in [4.78, 5) is 7.34. The van der Waals surface area contributed by atoms with Crippen LogP contribution in [0.25, 0.3) is 55.8 Å². The predicted molar refractivity (Wildman–Crippen MR) is 233 cm³/mol. The minimum Gasteiger partial charge on any atom is -0.0622 e. The van der Waals surface area contributed by atoms with E-state index in [0.717, 1.165) is 72.1 Å². The number of ether oxygens (including phenoxy) is 1. The van der Waals surface area contributed by atoms with E-state index in [1.165, 1.54) is 23.1 Å². The Labute approximate surface area is 354 Å². The number of hydrogen-bond acceptors (Lipinski definition) is 3. The number of fused-ring (bicyclic) bond motifs is 4. The molecule has 7 aromatic carbocycles. The Hall–Kier alpha value is -6.55. The standard InChI is InChI=1S/C53H38N4O.Pt/c1-36-29-52(54-33-48(36)39-19-9-4-10-20-39)55-34-40-30-47(40)46-28-27-43(32-51(46)55)58-42-22-13-21-41(31-42)56-35-57(50-26-12-11-25-49(50)56)53-44(37-15-5-2-6-16-37)23-14-24-45(53)38-17-7-3-8-18-38;/h2-29,33,40,47H,30,34H2,1H3;/q-2;. The number of anilines is 2. The number of aromatic nitrogens is 3. The van der Waals surface area contributed by atoms with Gasteiger partial charge in [-0.1, -0.05) is 30.3 Å². The van der Waals surface area contributed by atoms with E-state index in [9.17, 15) is 0 Å². The minimum absolute atomic E-state index is 0.566. The van der Waals surface area contributed by atoms with Crippen molar-refractivity contribution in [3.05, 3.63) is 203 Å². The number of imidazole rings is 1. The molecule has 2 unspecified atom stereocenters. The first-order valence-electron chi connectivity index (χ1n) is 20.1. The molecule has 1 aliphatic carbocycles. The fourth-order valence-electron chi connectivity index (χ4n) is 8.81. The molecule has 0 amide bonds. The second kappa shape index (κ2) is 14.7. The summed E-state index contributed by atoms with van der Waals surface area (Å²) >= 11 is 2.48. The summed E-state index contributed by atoms with van der Waals surface area (Å²) in [5.41, 5.74) is 14.7. The van der Waals surface area contributed by atoms with Crippen molar-refractivity contribution in [1.82, 2.24) is 14.1 Å². The molecule has 0 bridgehead atoms. The number of benzene rings is 7. The molecule has 0 spiro atoms. The second-order valence-electron chi connectivity index (χ2n) is 15.4. The van der Waals surface area contributed by atoms with E-state index >= 15 is 0 Å². The molecule has 288 valence electrons. The molecule has 1 saturated carbocycles. The Morgan fingerprint density at radius 1 is 0.610 bits per heavy atom. The molecule has 0 radical (unpaired) electrons. The van der Waals surface area contributed by atoms with Gasteiger partial charge in [-0.15, -0.1) is 0 Å². The van der Waals surface area contributed by atoms with Crippen molar-refractivity contribution in [3.63, 3.8) is 0 Å². The van der Waals surface area contributed by atoms with Gasteiger partial charge in [-0.25, -0.2) is 0 Å². The average molecular weight is 942 g/mol. The van der Waals surface area contributed by atoms with Gasteiger partial charge in [0.25, 0.3) is 0 Å². The van der Waals surface area contributed by atoms with Crippen LogP contribution in [0.4, 0.5) is 11.5 Å². The van der Waals surface area contributed by atoms with E-state index in [0.29, 0.717) is 23.3 Å². The second-order valence-corrected chi connectivity index (χ2v) is 16.4. The van der Waals surface area contributed by atoms with Gasteiger partial charge >= 0.3 is 297 Å². The van der Waals surface area contributed by atoms with Crippen molar-refractivity contribution < 1.29 is 24.1 Å². The van der Waals surface area contributed by atoms with Crippen molar-refractivity contribution in [2.24, 2.45) is 5.92 Å². The van der Waals surface area contributed by atoms with Crippen molar-refractivity contribution in [1.29, 1.82) is 0 Å². The van der Waals surface area contributed by atoms with Crippen LogP contribution >= 0.6 is 0 Å². The fourth-order valence-corrected chi connectivity index (χ4v) is 9.89. The normalized spacial score (nSPS) is 15.5. The van der Waals surface area contributed by atoms with Crippen LogP contribution in [0.2, 0.25) is 0 Å². The van der Waals surface area contributed by atoms with Crippen LogP contribution < -0.4 is 9.64 Å². The van der Waals surface area contributed by atoms with Crippen molar-refractivity contribution in [2.45, 2.75) is 19.3 Å². The minimum atomic E-state index is 0.566. The molecule has 0 saturated heterocycles. The number of para-hydroxylation sites is 3. The maximum absolute atomic E-state index is 6.66. The number of nitrogens with zero attached hydrogens (tertiary/aromatic N) is 4. The Kier molecular flexibility index (Phi) is 8.86. The summed E-state index contributed by atoms with van der Waals surface area (Å²) < 4.78 is 12.3. The van der Waals surface area contributed by atoms with Crippen LogP contribution in [0.3, 0.4) is 0 Å². The van der Waals surface area contributed by atoms with Crippen LogP contribution in [0.1, 0.15) is 23.5 Å². The molecule has 3 heterocycles. The molecule has 2 atom stereocenters. The van der Waals surface area contributed by atoms with E-state index in [1.54, 1.807) is 0 Å². The van der Waals surface area contributed by atoms with Gasteiger partial charge in [0, 0.05) is 11.8 Å². The molecule has 5 nitrogen and oxygen atoms in total. The molecular weight excluding hydrogens is 904 g/mol. The Balaban J connectivity index is 0.982. The van der Waals surface area contributed by atoms with Gasteiger partial charge < -0.3 is 0 Å². The average Bonchev–Trinajstić information content (AvgIpc) is 4.02. The molecule has 2 aromatic heterocycles. The topological polar surface area (TPSA) is 35.2 Å². The SMILES string of the molecule is Cc1cc(N2CC3CC3c3ccc(Oc4[c-]c(-n5[c](=[Pt])n(-c6c(-c7ccccc7)cccc6-c6ccccc6)c6ccccc65)ccc4)[c-]c32)ncc1-c1ccccc1. The number of rotatable bonds is 8. The summed E-state index contributed by atoms with van der Waals surface area (Å²) in [5, 5.41) is 0. The smallest absolute Gasteiger partial charge is 0.0622 e. The van der Waals surface area contributed by atoms with Crippen LogP contribution in [0.5, 0.6) is 11.5 Å². The monoisotopic (exact) mass is 941 g/mol. The third kappa shape index (κ3) is 6.38. The van der Waals surface area contributed by atoms with Gasteiger partial charge in [0.05, 0.1) is 0 Å². The third-order valence-corrected chi connectivity index (χ3v) is 12.8. The van der Waals surface area contributed by atoms with Gasteiger partial charge in [-0.2, -0.15) is 0 Å². The van der Waals surface area contributed by atoms with E-state index in [4.69, 9.17) is 9.72 Å². The van der Waals surface area contributed by atoms with Gasteiger partial charge in [0.1, 0.15) is 0 Å². The van der Waals surface area contributed by atoms with Gasteiger partial charge in [0.2, 0.25) is 0 Å². The van der Waals surface area contributed by atoms with E-state index in [-0.39, 0.29) is 0 Å². The zero-order chi connectivity index (χ0) is 39.5. The first kappa shape index (κ1) is 35.6. The number of hydrogen-bond donors (Lipinski definition) is 0. The molecular formula is C53H38N4OPt-2. The zero-order valence-corrected chi connectivity index (χ0v) is 34.6. The summed E-state index contributed by atoms with van der Waals surface area (Å²) in [6, 6.07) is 67.0. The van der Waals surface area contributed by atoms with Crippen LogP contribution in [0, 0.1) is 28.8 Å². The third-order valence-electron chi connectivity index (χ3n) is 11.7. The van der Waals surface area contributed by atoms with Gasteiger partial charge in [-0.05, 0) is 18.1 Å². The number of aryl methyl sites for hydroxylation is 1. The predicted octanol–water partition coefficient (Wildman–Crippen LogP) is 12.9. The van der Waals surface area contributed by atoms with Crippen LogP contribution in [0.15, 0.2) is 176 Å². The van der Waals surface area contributed by atoms with Crippen molar-refractivity contribution in [3.8, 4) is 56.3 Å². The summed E-state index contributed by atoms with van der Waals surface area (Å²) in [6.45, 7) is 3.10. The van der Waals surface area contributed by atoms with Gasteiger partial charge in [0.15, 0.2) is 0 Å². The quantitative estimate of drug-likeness (QED) is 0.142. The molecule has 59 heavy (non-hydrogen) atoms. The molecule has 1 fully saturated rings. The van der Waals surface area contributed by atoms with Crippen molar-refractivity contribution >= 4 is 22.5 Å². The first-order valence-corrected chi connectivity index (χ1v) is 21.2. The van der Waals surface area contributed by atoms with Crippen molar-refractivity contribution in [2.75, 3.05) is 11.4 Å². The molecule has 0 N–H and O–H groups in total. The molecule has 1 aliphatic heterocycles. The Bertz CT molecular complexity index is 3020. The molecule has 6 heteroatoms. The molecule has 11 rings (SSSR count). The summed E-state index contributed by atoms with van der Waals surface area (Å²) in [7, 11) is 0. The van der Waals surface area contributed by atoms with E-state index in [1.807, 2.05) is 24.4 Å². The Morgan fingerprint density at radius 3 is 1.86 bits per heavy atom. The maximum atomic E-state index is 6.66. The molecule has 2 aliphatic rings.